The van der Waals surface area contributed by atoms with Crippen LogP contribution in [0.1, 0.15) is 50.1 Å². The van der Waals surface area contributed by atoms with Crippen molar-refractivity contribution in [2.24, 2.45) is 0 Å². The standard InChI is InChI=1S/C23H21N3O6S2/c1-3-18(20(28)26-23-24-12(2)11-33-23)34-15-6-4-5-14(10-15)25-19(27)16-8-7-13(21(29)30)9-17(16)22(31)32/h4-11,18H,3H2,1-2H3,(H,25,27)(H,29,30)(H,31,32)(H,24,26,28). The molecule has 0 saturated carbocycles. The van der Waals surface area contributed by atoms with Crippen LogP contribution < -0.4 is 10.6 Å². The molecule has 34 heavy (non-hydrogen) atoms. The molecule has 11 heteroatoms. The van der Waals surface area contributed by atoms with E-state index in [9.17, 15) is 24.3 Å². The van der Waals surface area contributed by atoms with Crippen LogP contribution in [0, 0.1) is 6.92 Å². The van der Waals surface area contributed by atoms with Crippen LogP contribution >= 0.6 is 23.1 Å². The molecule has 4 N–H and O–H groups in total. The number of benzene rings is 2. The summed E-state index contributed by atoms with van der Waals surface area (Å²) in [6.45, 7) is 3.74. The molecule has 1 heterocycles. The van der Waals surface area contributed by atoms with E-state index in [1.165, 1.54) is 35.2 Å². The first-order valence-corrected chi connectivity index (χ1v) is 11.9. The number of rotatable bonds is 9. The summed E-state index contributed by atoms with van der Waals surface area (Å²) in [6.07, 6.45) is 0.565. The predicted octanol–water partition coefficient (Wildman–Crippen LogP) is 4.61. The Hall–Kier alpha value is -3.70. The number of carboxylic acid groups (broad SMARTS) is 2. The number of nitrogens with zero attached hydrogens (tertiary/aromatic N) is 1. The van der Waals surface area contributed by atoms with Gasteiger partial charge in [-0.25, -0.2) is 14.6 Å². The number of hydrogen-bond donors (Lipinski definition) is 4. The van der Waals surface area contributed by atoms with Crippen LogP contribution in [-0.4, -0.2) is 44.2 Å². The third kappa shape index (κ3) is 6.21. The zero-order valence-corrected chi connectivity index (χ0v) is 19.8. The molecule has 2 amide bonds. The van der Waals surface area contributed by atoms with Crippen molar-refractivity contribution in [1.29, 1.82) is 0 Å². The molecule has 0 spiro atoms. The topological polar surface area (TPSA) is 146 Å². The smallest absolute Gasteiger partial charge is 0.336 e. The van der Waals surface area contributed by atoms with Crippen molar-refractivity contribution in [2.45, 2.75) is 30.4 Å². The molecule has 2 aromatic carbocycles. The Labute approximate surface area is 203 Å². The normalized spacial score (nSPS) is 11.5. The van der Waals surface area contributed by atoms with Gasteiger partial charge in [0.25, 0.3) is 5.91 Å². The Balaban J connectivity index is 1.74. The van der Waals surface area contributed by atoms with Gasteiger partial charge in [-0.1, -0.05) is 13.0 Å². The Morgan fingerprint density at radius 1 is 1.03 bits per heavy atom. The van der Waals surface area contributed by atoms with Gasteiger partial charge in [-0.3, -0.25) is 9.59 Å². The quantitative estimate of drug-likeness (QED) is 0.312. The Morgan fingerprint density at radius 2 is 1.79 bits per heavy atom. The third-order valence-electron chi connectivity index (χ3n) is 4.62. The summed E-state index contributed by atoms with van der Waals surface area (Å²) >= 11 is 2.68. The second kappa shape index (κ2) is 10.9. The summed E-state index contributed by atoms with van der Waals surface area (Å²) in [6, 6.07) is 10.1. The molecule has 1 aromatic heterocycles. The number of nitrogens with one attached hydrogen (secondary N) is 2. The lowest BCUT2D eigenvalue weighted by atomic mass is 10.0. The summed E-state index contributed by atoms with van der Waals surface area (Å²) in [5.74, 6) is -3.58. The highest BCUT2D eigenvalue weighted by Crippen LogP contribution is 2.29. The lowest BCUT2D eigenvalue weighted by Gasteiger charge is -2.14. The summed E-state index contributed by atoms with van der Waals surface area (Å²) in [4.78, 5) is 53.0. The van der Waals surface area contributed by atoms with Gasteiger partial charge in [0.2, 0.25) is 5.91 Å². The first-order chi connectivity index (χ1) is 16.2. The number of amides is 2. The number of carbonyl (C=O) groups is 4. The maximum Gasteiger partial charge on any atom is 0.336 e. The first-order valence-electron chi connectivity index (χ1n) is 10.1. The van der Waals surface area contributed by atoms with E-state index in [2.05, 4.69) is 15.6 Å². The molecule has 1 atom stereocenters. The van der Waals surface area contributed by atoms with Crippen LogP contribution in [0.5, 0.6) is 0 Å². The van der Waals surface area contributed by atoms with Crippen LogP contribution in [0.3, 0.4) is 0 Å². The Morgan fingerprint density at radius 3 is 2.41 bits per heavy atom. The van der Waals surface area contributed by atoms with E-state index in [0.29, 0.717) is 17.2 Å². The van der Waals surface area contributed by atoms with Gasteiger partial charge in [0.05, 0.1) is 27.6 Å². The number of carboxylic acids is 2. The van der Waals surface area contributed by atoms with Gasteiger partial charge >= 0.3 is 11.9 Å². The second-order valence-corrected chi connectivity index (χ2v) is 9.28. The van der Waals surface area contributed by atoms with E-state index in [1.807, 2.05) is 19.2 Å². The molecule has 0 aliphatic carbocycles. The SMILES string of the molecule is CCC(Sc1cccc(NC(=O)c2ccc(C(=O)O)cc2C(=O)O)c1)C(=O)Nc1nc(C)cs1. The molecule has 0 saturated heterocycles. The van der Waals surface area contributed by atoms with Crippen LogP contribution in [0.25, 0.3) is 0 Å². The van der Waals surface area contributed by atoms with Crippen molar-refractivity contribution in [3.63, 3.8) is 0 Å². The minimum Gasteiger partial charge on any atom is -0.478 e. The predicted molar refractivity (Wildman–Crippen MR) is 130 cm³/mol. The summed E-state index contributed by atoms with van der Waals surface area (Å²) < 4.78 is 0. The summed E-state index contributed by atoms with van der Waals surface area (Å²) in [5, 5.41) is 25.9. The molecule has 0 aliphatic heterocycles. The minimum atomic E-state index is -1.41. The third-order valence-corrected chi connectivity index (χ3v) is 6.86. The minimum absolute atomic E-state index is 0.167. The largest absolute Gasteiger partial charge is 0.478 e. The molecule has 1 unspecified atom stereocenters. The molecule has 3 rings (SSSR count). The van der Waals surface area contributed by atoms with Gasteiger partial charge < -0.3 is 20.8 Å². The Bertz CT molecular complexity index is 1260. The van der Waals surface area contributed by atoms with Crippen LogP contribution in [-0.2, 0) is 4.79 Å². The number of thiazole rings is 1. The highest BCUT2D eigenvalue weighted by atomic mass is 32.2. The van der Waals surface area contributed by atoms with E-state index in [1.54, 1.807) is 24.3 Å². The van der Waals surface area contributed by atoms with E-state index >= 15 is 0 Å². The van der Waals surface area contributed by atoms with E-state index < -0.39 is 28.7 Å². The van der Waals surface area contributed by atoms with Gasteiger partial charge in [0.1, 0.15) is 0 Å². The molecule has 0 bridgehead atoms. The van der Waals surface area contributed by atoms with Crippen LogP contribution in [0.4, 0.5) is 10.8 Å². The van der Waals surface area contributed by atoms with Crippen molar-refractivity contribution in [2.75, 3.05) is 10.6 Å². The van der Waals surface area contributed by atoms with Crippen molar-refractivity contribution < 1.29 is 29.4 Å². The molecule has 0 radical (unpaired) electrons. The maximum atomic E-state index is 12.7. The average Bonchev–Trinajstić information content (AvgIpc) is 3.21. The van der Waals surface area contributed by atoms with Gasteiger partial charge in [-0.05, 0) is 49.7 Å². The fourth-order valence-electron chi connectivity index (χ4n) is 2.98. The second-order valence-electron chi connectivity index (χ2n) is 7.15. The fourth-order valence-corrected chi connectivity index (χ4v) is 4.69. The monoisotopic (exact) mass is 499 g/mol. The molecule has 0 fully saturated rings. The van der Waals surface area contributed by atoms with Gasteiger partial charge in [-0.2, -0.15) is 0 Å². The molecule has 0 aliphatic rings. The lowest BCUT2D eigenvalue weighted by Crippen LogP contribution is -2.24. The zero-order valence-electron chi connectivity index (χ0n) is 18.2. The number of aromatic carboxylic acids is 2. The van der Waals surface area contributed by atoms with Crippen LogP contribution in [0.2, 0.25) is 0 Å². The highest BCUT2D eigenvalue weighted by molar-refractivity contribution is 8.00. The number of aryl methyl sites for hydroxylation is 1. The molecule has 9 nitrogen and oxygen atoms in total. The number of hydrogen-bond acceptors (Lipinski definition) is 7. The number of anilines is 2. The molecule has 3 aromatic rings. The van der Waals surface area contributed by atoms with E-state index in [-0.39, 0.29) is 17.0 Å². The van der Waals surface area contributed by atoms with Gasteiger partial charge in [-0.15, -0.1) is 23.1 Å². The fraction of sp³-hybridized carbons (Fsp3) is 0.174. The van der Waals surface area contributed by atoms with E-state index in [0.717, 1.165) is 16.7 Å². The first kappa shape index (κ1) is 24.9. The lowest BCUT2D eigenvalue weighted by molar-refractivity contribution is -0.115. The van der Waals surface area contributed by atoms with Crippen molar-refractivity contribution in [3.05, 3.63) is 70.2 Å². The average molecular weight is 500 g/mol. The number of carbonyl (C=O) groups excluding carboxylic acids is 2. The highest BCUT2D eigenvalue weighted by Gasteiger charge is 2.21. The summed E-state index contributed by atoms with van der Waals surface area (Å²) in [7, 11) is 0. The van der Waals surface area contributed by atoms with E-state index in [4.69, 9.17) is 5.11 Å². The molecular formula is C23H21N3O6S2. The van der Waals surface area contributed by atoms with Crippen molar-refractivity contribution in [1.82, 2.24) is 4.98 Å². The Kier molecular flexibility index (Phi) is 8.03. The summed E-state index contributed by atoms with van der Waals surface area (Å²) in [5.41, 5.74) is 0.417. The zero-order chi connectivity index (χ0) is 24.8. The molecular weight excluding hydrogens is 478 g/mol. The maximum absolute atomic E-state index is 12.7. The number of aromatic nitrogens is 1. The molecule has 176 valence electrons. The van der Waals surface area contributed by atoms with Gasteiger partial charge in [0.15, 0.2) is 5.13 Å². The van der Waals surface area contributed by atoms with Gasteiger partial charge in [0, 0.05) is 16.0 Å². The van der Waals surface area contributed by atoms with Crippen LogP contribution in [0.15, 0.2) is 52.7 Å². The van der Waals surface area contributed by atoms with Crippen molar-refractivity contribution in [3.8, 4) is 0 Å². The van der Waals surface area contributed by atoms with Crippen molar-refractivity contribution >= 4 is 57.7 Å². The number of thioether (sulfide) groups is 1.